The van der Waals surface area contributed by atoms with Gasteiger partial charge in [0.1, 0.15) is 0 Å². The molecular weight excluding hydrogens is 184 g/mol. The molecule has 0 fully saturated rings. The van der Waals surface area contributed by atoms with Crippen molar-refractivity contribution in [2.75, 3.05) is 0 Å². The molecule has 1 heterocycles. The van der Waals surface area contributed by atoms with Crippen molar-refractivity contribution in [3.63, 3.8) is 0 Å². The van der Waals surface area contributed by atoms with Crippen LogP contribution in [0.2, 0.25) is 0 Å². The Hall–Kier alpha value is -0.890. The van der Waals surface area contributed by atoms with Crippen molar-refractivity contribution in [3.05, 3.63) is 30.1 Å². The third kappa shape index (κ3) is 4.00. The fourth-order valence-corrected chi connectivity index (χ4v) is 1.81. The van der Waals surface area contributed by atoms with Gasteiger partial charge in [-0.3, -0.25) is 4.98 Å². The summed E-state index contributed by atoms with van der Waals surface area (Å²) in [5.74, 6) is 0. The van der Waals surface area contributed by atoms with Gasteiger partial charge in [0.2, 0.25) is 0 Å². The summed E-state index contributed by atoms with van der Waals surface area (Å²) in [6.07, 6.45) is 4.89. The van der Waals surface area contributed by atoms with Crippen LogP contribution < -0.4 is 5.32 Å². The Bertz CT molecular complexity index is 274. The minimum atomic E-state index is 0.316. The maximum absolute atomic E-state index is 4.11. The number of rotatable bonds is 4. The highest BCUT2D eigenvalue weighted by molar-refractivity contribution is 5.08. The van der Waals surface area contributed by atoms with Crippen molar-refractivity contribution < 1.29 is 0 Å². The van der Waals surface area contributed by atoms with Crippen molar-refractivity contribution in [2.45, 2.75) is 46.7 Å². The molecule has 15 heavy (non-hydrogen) atoms. The van der Waals surface area contributed by atoms with Crippen LogP contribution in [-0.4, -0.2) is 11.0 Å². The SMILES string of the molecule is CCC(NCc1cccnc1)C(C)(C)C. The number of pyridine rings is 1. The average Bonchev–Trinajstić information content (AvgIpc) is 2.18. The van der Waals surface area contributed by atoms with Gasteiger partial charge in [-0.15, -0.1) is 0 Å². The van der Waals surface area contributed by atoms with Gasteiger partial charge in [-0.25, -0.2) is 0 Å². The van der Waals surface area contributed by atoms with Gasteiger partial charge in [-0.05, 0) is 23.5 Å². The van der Waals surface area contributed by atoms with Crippen LogP contribution in [0.15, 0.2) is 24.5 Å². The van der Waals surface area contributed by atoms with Crippen molar-refractivity contribution >= 4 is 0 Å². The van der Waals surface area contributed by atoms with Crippen LogP contribution in [0.1, 0.15) is 39.7 Å². The van der Waals surface area contributed by atoms with E-state index in [9.17, 15) is 0 Å². The first-order chi connectivity index (χ1) is 7.04. The number of aromatic nitrogens is 1. The van der Waals surface area contributed by atoms with E-state index in [1.165, 1.54) is 5.56 Å². The normalized spacial score (nSPS) is 13.9. The zero-order valence-corrected chi connectivity index (χ0v) is 10.2. The molecular formula is C13H22N2. The molecule has 0 aliphatic carbocycles. The molecule has 0 aromatic carbocycles. The van der Waals surface area contributed by atoms with Gasteiger partial charge in [0, 0.05) is 25.0 Å². The van der Waals surface area contributed by atoms with E-state index in [2.05, 4.69) is 44.1 Å². The third-order valence-corrected chi connectivity index (χ3v) is 2.73. The second-order valence-corrected chi connectivity index (χ2v) is 5.07. The van der Waals surface area contributed by atoms with Crippen LogP contribution in [0.5, 0.6) is 0 Å². The van der Waals surface area contributed by atoms with Crippen molar-refractivity contribution in [1.82, 2.24) is 10.3 Å². The minimum Gasteiger partial charge on any atom is -0.309 e. The predicted molar refractivity (Wildman–Crippen MR) is 64.6 cm³/mol. The lowest BCUT2D eigenvalue weighted by molar-refractivity contribution is 0.259. The number of nitrogens with one attached hydrogen (secondary N) is 1. The summed E-state index contributed by atoms with van der Waals surface area (Å²) in [4.78, 5) is 4.11. The summed E-state index contributed by atoms with van der Waals surface area (Å²) >= 11 is 0. The molecule has 0 spiro atoms. The zero-order chi connectivity index (χ0) is 11.3. The molecule has 1 atom stereocenters. The van der Waals surface area contributed by atoms with Crippen molar-refractivity contribution in [1.29, 1.82) is 0 Å². The first-order valence-electron chi connectivity index (χ1n) is 5.66. The van der Waals surface area contributed by atoms with E-state index in [0.29, 0.717) is 11.5 Å². The summed E-state index contributed by atoms with van der Waals surface area (Å²) in [7, 11) is 0. The van der Waals surface area contributed by atoms with Gasteiger partial charge in [-0.2, -0.15) is 0 Å². The molecule has 0 radical (unpaired) electrons. The molecule has 1 N–H and O–H groups in total. The highest BCUT2D eigenvalue weighted by atomic mass is 14.9. The number of nitrogens with zero attached hydrogens (tertiary/aromatic N) is 1. The summed E-state index contributed by atoms with van der Waals surface area (Å²) in [6, 6.07) is 4.64. The maximum atomic E-state index is 4.11. The van der Waals surface area contributed by atoms with E-state index in [4.69, 9.17) is 0 Å². The topological polar surface area (TPSA) is 24.9 Å². The largest absolute Gasteiger partial charge is 0.309 e. The van der Waals surface area contributed by atoms with Crippen molar-refractivity contribution in [3.8, 4) is 0 Å². The van der Waals surface area contributed by atoms with E-state index >= 15 is 0 Å². The van der Waals surface area contributed by atoms with Gasteiger partial charge in [0.25, 0.3) is 0 Å². The molecule has 0 saturated heterocycles. The van der Waals surface area contributed by atoms with Gasteiger partial charge in [-0.1, -0.05) is 33.8 Å². The molecule has 84 valence electrons. The van der Waals surface area contributed by atoms with E-state index in [-0.39, 0.29) is 0 Å². The Labute approximate surface area is 93.1 Å². The van der Waals surface area contributed by atoms with E-state index in [1.807, 2.05) is 18.5 Å². The first-order valence-corrected chi connectivity index (χ1v) is 5.66. The molecule has 0 aliphatic heterocycles. The Morgan fingerprint density at radius 3 is 2.60 bits per heavy atom. The summed E-state index contributed by atoms with van der Waals surface area (Å²) in [5, 5.41) is 3.59. The Balaban J connectivity index is 2.49. The first kappa shape index (κ1) is 12.2. The maximum Gasteiger partial charge on any atom is 0.0312 e. The highest BCUT2D eigenvalue weighted by Crippen LogP contribution is 2.21. The van der Waals surface area contributed by atoms with E-state index < -0.39 is 0 Å². The molecule has 1 aromatic rings. The van der Waals surface area contributed by atoms with Crippen LogP contribution in [0.4, 0.5) is 0 Å². The zero-order valence-electron chi connectivity index (χ0n) is 10.2. The minimum absolute atomic E-state index is 0.316. The third-order valence-electron chi connectivity index (χ3n) is 2.73. The Morgan fingerprint density at radius 1 is 1.40 bits per heavy atom. The van der Waals surface area contributed by atoms with Gasteiger partial charge in [0.15, 0.2) is 0 Å². The molecule has 1 rings (SSSR count). The lowest BCUT2D eigenvalue weighted by Gasteiger charge is -2.30. The van der Waals surface area contributed by atoms with Crippen LogP contribution >= 0.6 is 0 Å². The van der Waals surface area contributed by atoms with Gasteiger partial charge in [0.05, 0.1) is 0 Å². The number of hydrogen-bond donors (Lipinski definition) is 1. The summed E-state index contributed by atoms with van der Waals surface area (Å²) in [6.45, 7) is 9.96. The molecule has 1 unspecified atom stereocenters. The Kier molecular flexibility index (Phi) is 4.28. The van der Waals surface area contributed by atoms with Crippen molar-refractivity contribution in [2.24, 2.45) is 5.41 Å². The quantitative estimate of drug-likeness (QED) is 0.819. The summed E-state index contributed by atoms with van der Waals surface area (Å²) in [5.41, 5.74) is 1.57. The standard InChI is InChI=1S/C13H22N2/c1-5-12(13(2,3)4)15-10-11-7-6-8-14-9-11/h6-9,12,15H,5,10H2,1-4H3. The van der Waals surface area contributed by atoms with Crippen LogP contribution in [0.25, 0.3) is 0 Å². The van der Waals surface area contributed by atoms with Crippen LogP contribution in [0, 0.1) is 5.41 Å². The second kappa shape index (κ2) is 5.26. The molecule has 0 amide bonds. The molecule has 0 saturated carbocycles. The monoisotopic (exact) mass is 206 g/mol. The lowest BCUT2D eigenvalue weighted by Crippen LogP contribution is -2.39. The molecule has 0 aliphatic rings. The second-order valence-electron chi connectivity index (χ2n) is 5.07. The van der Waals surface area contributed by atoms with E-state index in [1.54, 1.807) is 0 Å². The fourth-order valence-electron chi connectivity index (χ4n) is 1.81. The molecule has 1 aromatic heterocycles. The highest BCUT2D eigenvalue weighted by Gasteiger charge is 2.21. The van der Waals surface area contributed by atoms with Crippen LogP contribution in [-0.2, 0) is 6.54 Å². The smallest absolute Gasteiger partial charge is 0.0312 e. The predicted octanol–water partition coefficient (Wildman–Crippen LogP) is 3.00. The van der Waals surface area contributed by atoms with Crippen LogP contribution in [0.3, 0.4) is 0 Å². The lowest BCUT2D eigenvalue weighted by atomic mass is 9.85. The Morgan fingerprint density at radius 2 is 2.13 bits per heavy atom. The average molecular weight is 206 g/mol. The summed E-state index contributed by atoms with van der Waals surface area (Å²) < 4.78 is 0. The molecule has 2 heteroatoms. The molecule has 2 nitrogen and oxygen atoms in total. The molecule has 0 bridgehead atoms. The van der Waals surface area contributed by atoms with Gasteiger partial charge >= 0.3 is 0 Å². The fraction of sp³-hybridized carbons (Fsp3) is 0.615. The van der Waals surface area contributed by atoms with E-state index in [0.717, 1.165) is 13.0 Å². The van der Waals surface area contributed by atoms with Gasteiger partial charge < -0.3 is 5.32 Å². The number of hydrogen-bond acceptors (Lipinski definition) is 2.